The molecule has 0 aliphatic rings. The third-order valence-corrected chi connectivity index (χ3v) is 2.13. The van der Waals surface area contributed by atoms with Crippen LogP contribution >= 0.6 is 0 Å². The molecule has 4 N–H and O–H groups in total. The number of hydrogen-bond donors (Lipinski definition) is 3. The van der Waals surface area contributed by atoms with Gasteiger partial charge in [-0.25, -0.2) is 0 Å². The van der Waals surface area contributed by atoms with E-state index in [0.717, 1.165) is 12.8 Å². The highest BCUT2D eigenvalue weighted by molar-refractivity contribution is 5.77. The van der Waals surface area contributed by atoms with Crippen LogP contribution in [0.3, 0.4) is 0 Å². The molecule has 0 spiro atoms. The highest BCUT2D eigenvalue weighted by atomic mass is 16.3. The molecule has 2 atom stereocenters. The molecule has 0 saturated carbocycles. The molecule has 0 amide bonds. The lowest BCUT2D eigenvalue weighted by molar-refractivity contribution is 0.0721. The second-order valence-corrected chi connectivity index (χ2v) is 3.52. The number of aliphatic hydroxyl groups excluding tert-OH is 2. The summed E-state index contributed by atoms with van der Waals surface area (Å²) in [5.74, 6) is 0.587. The molecule has 5 heteroatoms. The van der Waals surface area contributed by atoms with Gasteiger partial charge in [0.25, 0.3) is 0 Å². The van der Waals surface area contributed by atoms with Crippen LogP contribution in [-0.2, 0) is 0 Å². The number of nitrogens with zero attached hydrogens (tertiary/aromatic N) is 2. The average molecular weight is 215 g/mol. The molecule has 0 saturated heterocycles. The Kier molecular flexibility index (Phi) is 7.85. The molecule has 0 radical (unpaired) electrons. The maximum Gasteiger partial charge on any atom is 0.0993 e. The molecular formula is C10H21N3O2. The molecule has 0 aromatic heterocycles. The van der Waals surface area contributed by atoms with E-state index in [1.54, 1.807) is 6.92 Å². The molecule has 15 heavy (non-hydrogen) atoms. The third-order valence-electron chi connectivity index (χ3n) is 2.13. The van der Waals surface area contributed by atoms with E-state index in [1.165, 1.54) is 0 Å². The fourth-order valence-electron chi connectivity index (χ4n) is 1.25. The summed E-state index contributed by atoms with van der Waals surface area (Å²) < 4.78 is 0. The first-order valence-corrected chi connectivity index (χ1v) is 5.13. The lowest BCUT2D eigenvalue weighted by Crippen LogP contribution is -2.27. The monoisotopic (exact) mass is 215 g/mol. The zero-order valence-corrected chi connectivity index (χ0v) is 9.26. The van der Waals surface area contributed by atoms with Crippen LogP contribution in [0.15, 0.2) is 9.98 Å². The molecule has 1 unspecified atom stereocenters. The summed E-state index contributed by atoms with van der Waals surface area (Å²) in [5.41, 5.74) is 5.38. The number of rotatable bonds is 8. The highest BCUT2D eigenvalue weighted by Crippen LogP contribution is 2.08. The summed E-state index contributed by atoms with van der Waals surface area (Å²) in [7, 11) is 0. The molecule has 88 valence electrons. The van der Waals surface area contributed by atoms with Gasteiger partial charge in [-0.2, -0.15) is 0 Å². The summed E-state index contributed by atoms with van der Waals surface area (Å²) in [6.45, 7) is 5.56. The molecule has 0 heterocycles. The van der Waals surface area contributed by atoms with E-state index in [4.69, 9.17) is 10.8 Å². The molecule has 0 aromatic rings. The maximum atomic E-state index is 9.33. The topological polar surface area (TPSA) is 91.2 Å². The predicted octanol–water partition coefficient (Wildman–Crippen LogP) is -0.0438. The normalized spacial score (nSPS) is 16.1. The molecule has 0 aliphatic heterocycles. The number of nitrogens with two attached hydrogens (primary N) is 1. The van der Waals surface area contributed by atoms with Gasteiger partial charge >= 0.3 is 0 Å². The number of unbranched alkanes of at least 4 members (excludes halogenated alkanes) is 1. The van der Waals surface area contributed by atoms with Gasteiger partial charge in [-0.3, -0.25) is 9.98 Å². The molecule has 0 fully saturated rings. The Morgan fingerprint density at radius 3 is 2.60 bits per heavy atom. The van der Waals surface area contributed by atoms with Crippen LogP contribution in [0.5, 0.6) is 0 Å². The van der Waals surface area contributed by atoms with Crippen LogP contribution in [-0.4, -0.2) is 48.1 Å². The smallest absolute Gasteiger partial charge is 0.0993 e. The second-order valence-electron chi connectivity index (χ2n) is 3.52. The minimum atomic E-state index is -0.803. The Balaban J connectivity index is 3.64. The fraction of sp³-hybridized carbons (Fsp3) is 0.800. The first kappa shape index (κ1) is 14.1. The van der Waals surface area contributed by atoms with Crippen LogP contribution < -0.4 is 5.73 Å². The lowest BCUT2D eigenvalue weighted by Gasteiger charge is -2.16. The van der Waals surface area contributed by atoms with Crippen LogP contribution in [0.1, 0.15) is 26.2 Å². The molecule has 0 rings (SSSR count). The quantitative estimate of drug-likeness (QED) is 0.301. The van der Waals surface area contributed by atoms with E-state index in [2.05, 4.69) is 16.7 Å². The standard InChI is InChI=1S/C10H21N3O2/c1-8(11)13-6-4-3-5-9(12-2)10(15)7-14/h9-10,14-15H,2-7H2,1H3,(H2,11,13)/t9-,10?/m0/s1. The first-order chi connectivity index (χ1) is 7.11. The van der Waals surface area contributed by atoms with E-state index in [9.17, 15) is 5.11 Å². The Bertz CT molecular complexity index is 203. The molecular weight excluding hydrogens is 194 g/mol. The van der Waals surface area contributed by atoms with Crippen molar-refractivity contribution >= 4 is 12.6 Å². The summed E-state index contributed by atoms with van der Waals surface area (Å²) in [6.07, 6.45) is 1.70. The van der Waals surface area contributed by atoms with Gasteiger partial charge in [0, 0.05) is 6.54 Å². The predicted molar refractivity (Wildman–Crippen MR) is 62.4 cm³/mol. The minimum absolute atomic E-state index is 0.274. The third kappa shape index (κ3) is 7.04. The Labute approximate surface area is 90.7 Å². The minimum Gasteiger partial charge on any atom is -0.394 e. The number of amidine groups is 1. The summed E-state index contributed by atoms with van der Waals surface area (Å²) >= 11 is 0. The van der Waals surface area contributed by atoms with Crippen molar-refractivity contribution in [1.82, 2.24) is 0 Å². The average Bonchev–Trinajstić information content (AvgIpc) is 2.22. The summed E-state index contributed by atoms with van der Waals surface area (Å²) in [4.78, 5) is 7.82. The van der Waals surface area contributed by atoms with Crippen LogP contribution in [0.4, 0.5) is 0 Å². The van der Waals surface area contributed by atoms with Crippen molar-refractivity contribution in [2.24, 2.45) is 15.7 Å². The van der Waals surface area contributed by atoms with Gasteiger partial charge in [0.2, 0.25) is 0 Å². The van der Waals surface area contributed by atoms with Crippen molar-refractivity contribution in [3.05, 3.63) is 0 Å². The SMILES string of the molecule is C=N[C@@H](CCCCN=C(C)N)C(O)CO. The van der Waals surface area contributed by atoms with Gasteiger partial charge in [0.05, 0.1) is 24.6 Å². The zero-order valence-electron chi connectivity index (χ0n) is 9.26. The molecule has 0 aliphatic carbocycles. The van der Waals surface area contributed by atoms with Crippen molar-refractivity contribution in [1.29, 1.82) is 0 Å². The number of hydrogen-bond acceptors (Lipinski definition) is 4. The highest BCUT2D eigenvalue weighted by Gasteiger charge is 2.15. The van der Waals surface area contributed by atoms with Crippen molar-refractivity contribution in [2.75, 3.05) is 13.2 Å². The van der Waals surface area contributed by atoms with Crippen molar-refractivity contribution in [2.45, 2.75) is 38.3 Å². The van der Waals surface area contributed by atoms with Gasteiger partial charge in [0.1, 0.15) is 0 Å². The molecule has 0 bridgehead atoms. The Hall–Kier alpha value is -0.940. The van der Waals surface area contributed by atoms with Crippen LogP contribution in [0.25, 0.3) is 0 Å². The van der Waals surface area contributed by atoms with Gasteiger partial charge in [0.15, 0.2) is 0 Å². The van der Waals surface area contributed by atoms with Crippen molar-refractivity contribution < 1.29 is 10.2 Å². The lowest BCUT2D eigenvalue weighted by atomic mass is 10.1. The largest absolute Gasteiger partial charge is 0.394 e. The number of aliphatic imine (C=N–C) groups is 2. The van der Waals surface area contributed by atoms with Crippen molar-refractivity contribution in [3.63, 3.8) is 0 Å². The van der Waals surface area contributed by atoms with Crippen LogP contribution in [0, 0.1) is 0 Å². The summed E-state index contributed by atoms with van der Waals surface area (Å²) in [6, 6.07) is -0.280. The van der Waals surface area contributed by atoms with Gasteiger partial charge in [-0.1, -0.05) is 0 Å². The Morgan fingerprint density at radius 2 is 2.13 bits per heavy atom. The first-order valence-electron chi connectivity index (χ1n) is 5.13. The van der Waals surface area contributed by atoms with E-state index in [-0.39, 0.29) is 12.6 Å². The Morgan fingerprint density at radius 1 is 1.47 bits per heavy atom. The molecule has 5 nitrogen and oxygen atoms in total. The summed E-state index contributed by atoms with van der Waals surface area (Å²) in [5, 5.41) is 18.1. The van der Waals surface area contributed by atoms with E-state index < -0.39 is 6.10 Å². The van der Waals surface area contributed by atoms with E-state index >= 15 is 0 Å². The van der Waals surface area contributed by atoms with Gasteiger partial charge < -0.3 is 15.9 Å². The van der Waals surface area contributed by atoms with Crippen molar-refractivity contribution in [3.8, 4) is 0 Å². The number of aliphatic hydroxyl groups is 2. The maximum absolute atomic E-state index is 9.33. The van der Waals surface area contributed by atoms with Gasteiger partial charge in [-0.15, -0.1) is 0 Å². The molecule has 0 aromatic carbocycles. The van der Waals surface area contributed by atoms with Crippen LogP contribution in [0.2, 0.25) is 0 Å². The zero-order chi connectivity index (χ0) is 11.7. The van der Waals surface area contributed by atoms with E-state index in [0.29, 0.717) is 18.8 Å². The van der Waals surface area contributed by atoms with E-state index in [1.807, 2.05) is 0 Å². The second kappa shape index (κ2) is 8.38. The van der Waals surface area contributed by atoms with Gasteiger partial charge in [-0.05, 0) is 32.9 Å². The fourth-order valence-corrected chi connectivity index (χ4v) is 1.25.